The second kappa shape index (κ2) is 8.41. The Morgan fingerprint density at radius 3 is 2.76 bits per heavy atom. The van der Waals surface area contributed by atoms with Gasteiger partial charge in [0.15, 0.2) is 11.5 Å². The van der Waals surface area contributed by atoms with Crippen molar-refractivity contribution in [2.75, 3.05) is 13.7 Å². The summed E-state index contributed by atoms with van der Waals surface area (Å²) in [4.78, 5) is 22.7. The summed E-state index contributed by atoms with van der Waals surface area (Å²) in [6.07, 6.45) is 0.770. The fourth-order valence-corrected chi connectivity index (χ4v) is 2.11. The number of nitrogens with one attached hydrogen (secondary N) is 1. The van der Waals surface area contributed by atoms with Crippen LogP contribution in [0.4, 0.5) is 0 Å². The summed E-state index contributed by atoms with van der Waals surface area (Å²) in [5, 5.41) is 15.2. The average molecular weight is 298 g/mol. The Morgan fingerprint density at radius 1 is 1.48 bits per heavy atom. The van der Waals surface area contributed by atoms with Gasteiger partial charge in [-0.05, 0) is 18.3 Å². The summed E-state index contributed by atoms with van der Waals surface area (Å²) in [5.74, 6) is -0.505. The van der Waals surface area contributed by atoms with E-state index >= 15 is 0 Å². The molecule has 0 aliphatic carbocycles. The molecule has 1 aromatic heterocycles. The molecule has 1 amide bonds. The maximum atomic E-state index is 11.9. The minimum atomic E-state index is -0.862. The van der Waals surface area contributed by atoms with Crippen LogP contribution in [0.15, 0.2) is 10.6 Å². The molecule has 0 radical (unpaired) electrons. The molecule has 0 bridgehead atoms. The maximum absolute atomic E-state index is 11.9. The van der Waals surface area contributed by atoms with Gasteiger partial charge in [0, 0.05) is 26.1 Å². The second-order valence-electron chi connectivity index (χ2n) is 5.41. The molecule has 1 aromatic rings. The third-order valence-corrected chi connectivity index (χ3v) is 2.90. The van der Waals surface area contributed by atoms with Crippen molar-refractivity contribution in [1.82, 2.24) is 10.5 Å². The highest BCUT2D eigenvalue weighted by Crippen LogP contribution is 2.15. The SMILES string of the molecule is COCc1cc(C(=O)NC[C@H](CC(=O)O)CC(C)C)no1. The van der Waals surface area contributed by atoms with Crippen molar-refractivity contribution in [2.24, 2.45) is 11.8 Å². The van der Waals surface area contributed by atoms with E-state index < -0.39 is 5.97 Å². The number of aliphatic carboxylic acids is 1. The van der Waals surface area contributed by atoms with E-state index in [9.17, 15) is 9.59 Å². The molecule has 1 rings (SSSR count). The molecule has 1 heterocycles. The maximum Gasteiger partial charge on any atom is 0.303 e. The first-order valence-electron chi connectivity index (χ1n) is 6.86. The van der Waals surface area contributed by atoms with Crippen LogP contribution in [0.5, 0.6) is 0 Å². The lowest BCUT2D eigenvalue weighted by molar-refractivity contribution is -0.138. The van der Waals surface area contributed by atoms with Gasteiger partial charge in [-0.1, -0.05) is 19.0 Å². The molecule has 0 fully saturated rings. The number of aromatic nitrogens is 1. The van der Waals surface area contributed by atoms with Crippen LogP contribution in [0, 0.1) is 11.8 Å². The van der Waals surface area contributed by atoms with Gasteiger partial charge in [0.25, 0.3) is 5.91 Å². The van der Waals surface area contributed by atoms with Crippen molar-refractivity contribution in [3.8, 4) is 0 Å². The van der Waals surface area contributed by atoms with Crippen molar-refractivity contribution < 1.29 is 24.0 Å². The third kappa shape index (κ3) is 6.40. The van der Waals surface area contributed by atoms with Crippen LogP contribution in [-0.2, 0) is 16.1 Å². The van der Waals surface area contributed by atoms with Crippen LogP contribution in [-0.4, -0.2) is 35.8 Å². The molecule has 7 nitrogen and oxygen atoms in total. The molecule has 0 aromatic carbocycles. The van der Waals surface area contributed by atoms with Crippen LogP contribution in [0.1, 0.15) is 42.9 Å². The number of ether oxygens (including phenoxy) is 1. The first-order chi connectivity index (χ1) is 9.92. The highest BCUT2D eigenvalue weighted by atomic mass is 16.5. The Bertz CT molecular complexity index is 470. The lowest BCUT2D eigenvalue weighted by atomic mass is 9.94. The van der Waals surface area contributed by atoms with E-state index in [1.54, 1.807) is 0 Å². The molecule has 7 heteroatoms. The van der Waals surface area contributed by atoms with E-state index in [0.29, 0.717) is 18.2 Å². The number of hydrogen-bond acceptors (Lipinski definition) is 5. The zero-order valence-electron chi connectivity index (χ0n) is 12.6. The number of methoxy groups -OCH3 is 1. The zero-order valence-corrected chi connectivity index (χ0v) is 12.6. The lowest BCUT2D eigenvalue weighted by Gasteiger charge is -2.17. The Labute approximate surface area is 123 Å². The summed E-state index contributed by atoms with van der Waals surface area (Å²) < 4.78 is 9.81. The summed E-state index contributed by atoms with van der Waals surface area (Å²) >= 11 is 0. The van der Waals surface area contributed by atoms with E-state index in [2.05, 4.69) is 10.5 Å². The molecule has 0 aliphatic heterocycles. The number of hydrogen-bond donors (Lipinski definition) is 2. The number of carboxylic acid groups (broad SMARTS) is 1. The van der Waals surface area contributed by atoms with E-state index in [0.717, 1.165) is 6.42 Å². The molecule has 0 saturated carbocycles. The number of nitrogens with zero attached hydrogens (tertiary/aromatic N) is 1. The molecule has 118 valence electrons. The molecular weight excluding hydrogens is 276 g/mol. The Balaban J connectivity index is 2.52. The van der Waals surface area contributed by atoms with Gasteiger partial charge in [-0.3, -0.25) is 9.59 Å². The van der Waals surface area contributed by atoms with Crippen LogP contribution in [0.25, 0.3) is 0 Å². The predicted octanol–water partition coefficient (Wildman–Crippen LogP) is 1.69. The first-order valence-corrected chi connectivity index (χ1v) is 6.86. The molecular formula is C14H22N2O5. The Morgan fingerprint density at radius 2 is 2.19 bits per heavy atom. The van der Waals surface area contributed by atoms with E-state index in [1.165, 1.54) is 13.2 Å². The minimum absolute atomic E-state index is 0.0339. The van der Waals surface area contributed by atoms with Crippen LogP contribution in [0.3, 0.4) is 0 Å². The minimum Gasteiger partial charge on any atom is -0.481 e. The van der Waals surface area contributed by atoms with Gasteiger partial charge < -0.3 is 19.7 Å². The van der Waals surface area contributed by atoms with Gasteiger partial charge in [-0.15, -0.1) is 0 Å². The third-order valence-electron chi connectivity index (χ3n) is 2.90. The summed E-state index contributed by atoms with van der Waals surface area (Å²) in [5.41, 5.74) is 0.167. The molecule has 2 N–H and O–H groups in total. The average Bonchev–Trinajstić information content (AvgIpc) is 2.83. The van der Waals surface area contributed by atoms with Gasteiger partial charge in [0.2, 0.25) is 0 Å². The zero-order chi connectivity index (χ0) is 15.8. The molecule has 1 atom stereocenters. The van der Waals surface area contributed by atoms with E-state index in [1.807, 2.05) is 13.8 Å². The van der Waals surface area contributed by atoms with Gasteiger partial charge in [0.1, 0.15) is 6.61 Å². The fourth-order valence-electron chi connectivity index (χ4n) is 2.11. The van der Waals surface area contributed by atoms with Gasteiger partial charge in [0.05, 0.1) is 0 Å². The van der Waals surface area contributed by atoms with Gasteiger partial charge >= 0.3 is 5.97 Å². The monoisotopic (exact) mass is 298 g/mol. The molecule has 0 spiro atoms. The van der Waals surface area contributed by atoms with E-state index in [4.69, 9.17) is 14.4 Å². The predicted molar refractivity (Wildman–Crippen MR) is 74.7 cm³/mol. The van der Waals surface area contributed by atoms with Crippen LogP contribution >= 0.6 is 0 Å². The van der Waals surface area contributed by atoms with Gasteiger partial charge in [-0.25, -0.2) is 0 Å². The number of carboxylic acids is 1. The molecule has 0 aliphatic rings. The molecule has 0 saturated heterocycles. The number of rotatable bonds is 9. The van der Waals surface area contributed by atoms with Crippen molar-refractivity contribution in [2.45, 2.75) is 33.3 Å². The summed E-state index contributed by atoms with van der Waals surface area (Å²) in [6.45, 7) is 4.59. The summed E-state index contributed by atoms with van der Waals surface area (Å²) in [6, 6.07) is 1.51. The number of amides is 1. The fraction of sp³-hybridized carbons (Fsp3) is 0.643. The Kier molecular flexibility index (Phi) is 6.87. The topological polar surface area (TPSA) is 102 Å². The van der Waals surface area contributed by atoms with Gasteiger partial charge in [-0.2, -0.15) is 0 Å². The van der Waals surface area contributed by atoms with Crippen LogP contribution < -0.4 is 5.32 Å². The van der Waals surface area contributed by atoms with Crippen molar-refractivity contribution in [3.63, 3.8) is 0 Å². The number of carbonyl (C=O) groups excluding carboxylic acids is 1. The highest BCUT2D eigenvalue weighted by Gasteiger charge is 2.18. The second-order valence-corrected chi connectivity index (χ2v) is 5.41. The van der Waals surface area contributed by atoms with E-state index in [-0.39, 0.29) is 30.5 Å². The largest absolute Gasteiger partial charge is 0.481 e. The lowest BCUT2D eigenvalue weighted by Crippen LogP contribution is -2.31. The molecule has 0 unspecified atom stereocenters. The Hall–Kier alpha value is -1.89. The quantitative estimate of drug-likeness (QED) is 0.719. The van der Waals surface area contributed by atoms with Crippen molar-refractivity contribution >= 4 is 11.9 Å². The van der Waals surface area contributed by atoms with Crippen LogP contribution in [0.2, 0.25) is 0 Å². The first kappa shape index (κ1) is 17.2. The molecule has 21 heavy (non-hydrogen) atoms. The highest BCUT2D eigenvalue weighted by molar-refractivity contribution is 5.92. The smallest absolute Gasteiger partial charge is 0.303 e. The summed E-state index contributed by atoms with van der Waals surface area (Å²) in [7, 11) is 1.52. The standard InChI is InChI=1S/C14H22N2O5/c1-9(2)4-10(5-13(17)18)7-15-14(19)12-6-11(8-20-3)21-16-12/h6,9-10H,4-5,7-8H2,1-3H3,(H,15,19)(H,17,18)/t10-/m0/s1. The van der Waals surface area contributed by atoms with Crippen molar-refractivity contribution in [3.05, 3.63) is 17.5 Å². The van der Waals surface area contributed by atoms with Crippen molar-refractivity contribution in [1.29, 1.82) is 0 Å². The number of carbonyl (C=O) groups is 2. The normalized spacial score (nSPS) is 12.4.